The number of aromatic nitrogens is 3. The lowest BCUT2D eigenvalue weighted by atomic mass is 9.94. The van der Waals surface area contributed by atoms with Crippen LogP contribution in [-0.4, -0.2) is 26.7 Å². The van der Waals surface area contributed by atoms with Crippen molar-refractivity contribution in [3.8, 4) is 0 Å². The van der Waals surface area contributed by atoms with Crippen molar-refractivity contribution in [2.45, 2.75) is 32.2 Å². The lowest BCUT2D eigenvalue weighted by molar-refractivity contribution is 0.462. The summed E-state index contributed by atoms with van der Waals surface area (Å²) in [4.78, 5) is 4.38. The average Bonchev–Trinajstić information content (AvgIpc) is 2.78. The van der Waals surface area contributed by atoms with E-state index in [1.165, 1.54) is 0 Å². The van der Waals surface area contributed by atoms with Gasteiger partial charge in [0, 0.05) is 17.9 Å². The van der Waals surface area contributed by atoms with E-state index < -0.39 is 0 Å². The highest BCUT2D eigenvalue weighted by Gasteiger charge is 2.22. The SMILES string of the molecule is CCC(C)(CCN)Nc1nccn2nccc12. The zero-order chi connectivity index (χ0) is 12.3. The molecule has 0 saturated heterocycles. The van der Waals surface area contributed by atoms with Crippen LogP contribution in [0.25, 0.3) is 5.52 Å². The molecule has 0 fully saturated rings. The Balaban J connectivity index is 2.31. The third kappa shape index (κ3) is 2.39. The van der Waals surface area contributed by atoms with Crippen molar-refractivity contribution in [3.63, 3.8) is 0 Å². The number of nitrogens with zero attached hydrogens (tertiary/aromatic N) is 3. The molecule has 0 radical (unpaired) electrons. The average molecular weight is 233 g/mol. The molecule has 2 rings (SSSR count). The van der Waals surface area contributed by atoms with Crippen LogP contribution in [0.15, 0.2) is 24.7 Å². The van der Waals surface area contributed by atoms with E-state index in [4.69, 9.17) is 5.73 Å². The minimum atomic E-state index is -0.0200. The largest absolute Gasteiger partial charge is 0.363 e. The zero-order valence-electron chi connectivity index (χ0n) is 10.3. The maximum Gasteiger partial charge on any atom is 0.152 e. The van der Waals surface area contributed by atoms with Gasteiger partial charge in [-0.3, -0.25) is 0 Å². The Morgan fingerprint density at radius 2 is 2.29 bits per heavy atom. The summed E-state index contributed by atoms with van der Waals surface area (Å²) >= 11 is 0. The Hall–Kier alpha value is -1.62. The van der Waals surface area contributed by atoms with Crippen LogP contribution in [-0.2, 0) is 0 Å². The molecule has 0 amide bonds. The van der Waals surface area contributed by atoms with Crippen LogP contribution in [0, 0.1) is 0 Å². The van der Waals surface area contributed by atoms with Crippen LogP contribution in [0.2, 0.25) is 0 Å². The van der Waals surface area contributed by atoms with Gasteiger partial charge in [-0.1, -0.05) is 6.92 Å². The lowest BCUT2D eigenvalue weighted by Crippen LogP contribution is -2.36. The first-order valence-electron chi connectivity index (χ1n) is 5.95. The summed E-state index contributed by atoms with van der Waals surface area (Å²) in [5.74, 6) is 0.864. The van der Waals surface area contributed by atoms with Gasteiger partial charge in [0.2, 0.25) is 0 Å². The Morgan fingerprint density at radius 3 is 3.00 bits per heavy atom. The van der Waals surface area contributed by atoms with Crippen molar-refractivity contribution < 1.29 is 0 Å². The van der Waals surface area contributed by atoms with E-state index >= 15 is 0 Å². The quantitative estimate of drug-likeness (QED) is 0.824. The van der Waals surface area contributed by atoms with Gasteiger partial charge in [-0.15, -0.1) is 0 Å². The molecular formula is C12H19N5. The van der Waals surface area contributed by atoms with Gasteiger partial charge in [-0.2, -0.15) is 5.10 Å². The Morgan fingerprint density at radius 1 is 1.47 bits per heavy atom. The number of nitrogens with one attached hydrogen (secondary N) is 1. The molecule has 1 atom stereocenters. The minimum Gasteiger partial charge on any atom is -0.363 e. The van der Waals surface area contributed by atoms with Crippen molar-refractivity contribution in [3.05, 3.63) is 24.7 Å². The van der Waals surface area contributed by atoms with Crippen molar-refractivity contribution >= 4 is 11.3 Å². The topological polar surface area (TPSA) is 68.2 Å². The molecule has 17 heavy (non-hydrogen) atoms. The van der Waals surface area contributed by atoms with E-state index in [-0.39, 0.29) is 5.54 Å². The Labute approximate surface area is 101 Å². The van der Waals surface area contributed by atoms with E-state index in [9.17, 15) is 0 Å². The van der Waals surface area contributed by atoms with Gasteiger partial charge in [0.25, 0.3) is 0 Å². The summed E-state index contributed by atoms with van der Waals surface area (Å²) in [5.41, 5.74) is 6.63. The molecule has 0 aliphatic rings. The van der Waals surface area contributed by atoms with Gasteiger partial charge in [0.1, 0.15) is 5.52 Å². The fourth-order valence-electron chi connectivity index (χ4n) is 1.89. The summed E-state index contributed by atoms with van der Waals surface area (Å²) in [5, 5.41) is 7.68. The molecule has 0 saturated carbocycles. The summed E-state index contributed by atoms with van der Waals surface area (Å²) in [6, 6.07) is 1.95. The van der Waals surface area contributed by atoms with Crippen LogP contribution in [0.1, 0.15) is 26.7 Å². The number of hydrogen-bond acceptors (Lipinski definition) is 4. The molecular weight excluding hydrogens is 214 g/mol. The fraction of sp³-hybridized carbons (Fsp3) is 0.500. The highest BCUT2D eigenvalue weighted by atomic mass is 15.2. The van der Waals surface area contributed by atoms with E-state index in [0.717, 1.165) is 24.2 Å². The third-order valence-electron chi connectivity index (χ3n) is 3.22. The number of rotatable bonds is 5. The monoisotopic (exact) mass is 233 g/mol. The first-order valence-corrected chi connectivity index (χ1v) is 5.95. The fourth-order valence-corrected chi connectivity index (χ4v) is 1.89. The van der Waals surface area contributed by atoms with Gasteiger partial charge in [-0.25, -0.2) is 9.50 Å². The van der Waals surface area contributed by atoms with Crippen molar-refractivity contribution in [1.29, 1.82) is 0 Å². The van der Waals surface area contributed by atoms with E-state index in [1.54, 1.807) is 12.4 Å². The molecule has 0 aromatic carbocycles. The first kappa shape index (κ1) is 11.9. The molecule has 5 heteroatoms. The number of nitrogens with two attached hydrogens (primary N) is 1. The number of hydrogen-bond donors (Lipinski definition) is 2. The van der Waals surface area contributed by atoms with Crippen molar-refractivity contribution in [2.24, 2.45) is 5.73 Å². The molecule has 2 heterocycles. The number of fused-ring (bicyclic) bond motifs is 1. The molecule has 2 aromatic rings. The van der Waals surface area contributed by atoms with Crippen LogP contribution in [0.4, 0.5) is 5.82 Å². The molecule has 3 N–H and O–H groups in total. The predicted octanol–water partition coefficient (Wildman–Crippen LogP) is 1.66. The van der Waals surface area contributed by atoms with Crippen molar-refractivity contribution in [1.82, 2.24) is 14.6 Å². The Bertz CT molecular complexity index is 492. The standard InChI is InChI=1S/C12H19N5/c1-3-12(2,5-6-13)16-11-10-4-7-15-17(10)9-8-14-11/h4,7-9H,3,5-6,13H2,1-2H3,(H,14,16). The molecule has 0 spiro atoms. The van der Waals surface area contributed by atoms with Gasteiger partial charge in [0.05, 0.1) is 6.20 Å². The predicted molar refractivity (Wildman–Crippen MR) is 69.0 cm³/mol. The maximum atomic E-state index is 5.66. The van der Waals surface area contributed by atoms with Gasteiger partial charge < -0.3 is 11.1 Å². The molecule has 5 nitrogen and oxygen atoms in total. The van der Waals surface area contributed by atoms with Gasteiger partial charge in [0.15, 0.2) is 5.82 Å². The summed E-state index contributed by atoms with van der Waals surface area (Å²) in [6.45, 7) is 4.99. The van der Waals surface area contributed by atoms with Crippen LogP contribution in [0.5, 0.6) is 0 Å². The second-order valence-corrected chi connectivity index (χ2v) is 4.51. The summed E-state index contributed by atoms with van der Waals surface area (Å²) in [7, 11) is 0. The lowest BCUT2D eigenvalue weighted by Gasteiger charge is -2.30. The Kier molecular flexibility index (Phi) is 3.28. The van der Waals surface area contributed by atoms with E-state index in [2.05, 4.69) is 29.2 Å². The van der Waals surface area contributed by atoms with Crippen LogP contribution < -0.4 is 11.1 Å². The van der Waals surface area contributed by atoms with Crippen LogP contribution in [0.3, 0.4) is 0 Å². The molecule has 2 aromatic heterocycles. The molecule has 1 unspecified atom stereocenters. The first-order chi connectivity index (χ1) is 8.18. The van der Waals surface area contributed by atoms with E-state index in [0.29, 0.717) is 6.54 Å². The molecule has 0 bridgehead atoms. The normalized spacial score (nSPS) is 14.8. The minimum absolute atomic E-state index is 0.0200. The third-order valence-corrected chi connectivity index (χ3v) is 3.22. The van der Waals surface area contributed by atoms with Crippen LogP contribution >= 0.6 is 0 Å². The second-order valence-electron chi connectivity index (χ2n) is 4.51. The molecule has 0 aliphatic carbocycles. The summed E-state index contributed by atoms with van der Waals surface area (Å²) in [6.07, 6.45) is 7.28. The number of anilines is 1. The summed E-state index contributed by atoms with van der Waals surface area (Å²) < 4.78 is 1.81. The molecule has 0 aliphatic heterocycles. The highest BCUT2D eigenvalue weighted by Crippen LogP contribution is 2.22. The van der Waals surface area contributed by atoms with Gasteiger partial charge in [-0.05, 0) is 32.4 Å². The zero-order valence-corrected chi connectivity index (χ0v) is 10.3. The van der Waals surface area contributed by atoms with Crippen molar-refractivity contribution in [2.75, 3.05) is 11.9 Å². The molecule has 92 valence electrons. The highest BCUT2D eigenvalue weighted by molar-refractivity contribution is 5.67. The van der Waals surface area contributed by atoms with E-state index in [1.807, 2.05) is 16.8 Å². The smallest absolute Gasteiger partial charge is 0.152 e. The second kappa shape index (κ2) is 4.71. The van der Waals surface area contributed by atoms with Gasteiger partial charge >= 0.3 is 0 Å². The maximum absolute atomic E-state index is 5.66.